The van der Waals surface area contributed by atoms with Gasteiger partial charge in [-0.05, 0) is 36.1 Å². The minimum atomic E-state index is -5.01. The molecule has 0 bridgehead atoms. The third-order valence-electron chi connectivity index (χ3n) is 3.94. The van der Waals surface area contributed by atoms with Crippen molar-refractivity contribution in [2.45, 2.75) is 18.8 Å². The molecule has 1 amide bonds. The van der Waals surface area contributed by atoms with Gasteiger partial charge in [-0.3, -0.25) is 4.79 Å². The quantitative estimate of drug-likeness (QED) is 0.580. The van der Waals surface area contributed by atoms with E-state index in [9.17, 15) is 31.1 Å². The first-order chi connectivity index (χ1) is 13.6. The summed E-state index contributed by atoms with van der Waals surface area (Å²) >= 11 is 1.44. The van der Waals surface area contributed by atoms with Crippen LogP contribution in [0.25, 0.3) is 5.69 Å². The van der Waals surface area contributed by atoms with Crippen LogP contribution in [0, 0.1) is 0 Å². The van der Waals surface area contributed by atoms with Crippen molar-refractivity contribution in [2.24, 2.45) is 0 Å². The van der Waals surface area contributed by atoms with E-state index in [0.29, 0.717) is 23.4 Å². The van der Waals surface area contributed by atoms with Gasteiger partial charge in [-0.1, -0.05) is 12.1 Å². The van der Waals surface area contributed by atoms with Gasteiger partial charge in [0.05, 0.1) is 23.0 Å². The number of nitrogens with zero attached hydrogens (tertiary/aromatic N) is 2. The summed E-state index contributed by atoms with van der Waals surface area (Å²) in [5.74, 6) is -1.01. The molecule has 1 aromatic carbocycles. The number of benzene rings is 1. The first-order valence-electron chi connectivity index (χ1n) is 8.21. The number of aromatic nitrogens is 2. The van der Waals surface area contributed by atoms with Gasteiger partial charge in [-0.2, -0.15) is 31.4 Å². The van der Waals surface area contributed by atoms with E-state index in [1.807, 2.05) is 17.5 Å². The molecular weight excluding hydrogens is 420 g/mol. The molecule has 4 nitrogen and oxygen atoms in total. The van der Waals surface area contributed by atoms with E-state index in [0.717, 1.165) is 23.1 Å². The Balaban J connectivity index is 1.90. The molecule has 3 aromatic rings. The maximum Gasteiger partial charge on any atom is 0.434 e. The van der Waals surface area contributed by atoms with Crippen molar-refractivity contribution in [3.8, 4) is 5.69 Å². The van der Waals surface area contributed by atoms with Crippen LogP contribution in [-0.2, 0) is 18.8 Å². The van der Waals surface area contributed by atoms with Crippen molar-refractivity contribution in [2.75, 3.05) is 6.54 Å². The minimum absolute atomic E-state index is 0.103. The number of halogens is 6. The van der Waals surface area contributed by atoms with Crippen LogP contribution in [-0.4, -0.2) is 22.2 Å². The molecular formula is C18H13F6N3OS. The third kappa shape index (κ3) is 4.78. The van der Waals surface area contributed by atoms with Crippen LogP contribution in [0.4, 0.5) is 26.3 Å². The lowest BCUT2D eigenvalue weighted by atomic mass is 10.1. The number of amides is 1. The van der Waals surface area contributed by atoms with E-state index in [1.165, 1.54) is 11.3 Å². The van der Waals surface area contributed by atoms with Crippen LogP contribution in [0.1, 0.15) is 26.5 Å². The smallest absolute Gasteiger partial charge is 0.352 e. The number of carbonyl (C=O) groups excluding carboxylic acids is 1. The summed E-state index contributed by atoms with van der Waals surface area (Å²) in [5, 5.41) is 7.74. The van der Waals surface area contributed by atoms with Gasteiger partial charge in [0, 0.05) is 11.4 Å². The normalized spacial score (nSPS) is 12.2. The number of hydrogen-bond donors (Lipinski definition) is 1. The first-order valence-corrected chi connectivity index (χ1v) is 9.09. The molecule has 11 heteroatoms. The molecule has 0 aliphatic rings. The maximum absolute atomic E-state index is 13.6. The molecule has 29 heavy (non-hydrogen) atoms. The predicted molar refractivity (Wildman–Crippen MR) is 93.9 cm³/mol. The van der Waals surface area contributed by atoms with Crippen LogP contribution in [0.15, 0.2) is 48.0 Å². The number of carbonyl (C=O) groups is 1. The van der Waals surface area contributed by atoms with Gasteiger partial charge in [-0.15, -0.1) is 11.3 Å². The number of nitrogens with one attached hydrogen (secondary N) is 1. The zero-order chi connectivity index (χ0) is 21.2. The SMILES string of the molecule is O=C(NCCc1cccs1)c1cnn(-c2cccc(C(F)(F)F)c2)c1C(F)(F)F. The second kappa shape index (κ2) is 7.90. The molecule has 0 spiro atoms. The summed E-state index contributed by atoms with van der Waals surface area (Å²) in [4.78, 5) is 13.2. The van der Waals surface area contributed by atoms with Gasteiger partial charge in [-0.25, -0.2) is 4.68 Å². The number of alkyl halides is 6. The molecule has 1 N–H and O–H groups in total. The van der Waals surface area contributed by atoms with Gasteiger partial charge >= 0.3 is 12.4 Å². The summed E-state index contributed by atoms with van der Waals surface area (Å²) in [6.45, 7) is 0.103. The van der Waals surface area contributed by atoms with Gasteiger partial charge in [0.2, 0.25) is 0 Å². The van der Waals surface area contributed by atoms with E-state index < -0.39 is 40.8 Å². The average molecular weight is 433 g/mol. The van der Waals surface area contributed by atoms with Gasteiger partial charge in [0.1, 0.15) is 0 Å². The lowest BCUT2D eigenvalue weighted by molar-refractivity contribution is -0.143. The molecule has 0 unspecified atom stereocenters. The van der Waals surface area contributed by atoms with E-state index in [1.54, 1.807) is 0 Å². The molecule has 2 aromatic heterocycles. The van der Waals surface area contributed by atoms with E-state index in [2.05, 4.69) is 10.4 Å². The summed E-state index contributed by atoms with van der Waals surface area (Å²) in [6.07, 6.45) is -8.61. The second-order valence-electron chi connectivity index (χ2n) is 5.95. The monoisotopic (exact) mass is 433 g/mol. The second-order valence-corrected chi connectivity index (χ2v) is 6.98. The Morgan fingerprint density at radius 3 is 2.45 bits per heavy atom. The van der Waals surface area contributed by atoms with Crippen LogP contribution in [0.5, 0.6) is 0 Å². The summed E-state index contributed by atoms with van der Waals surface area (Å²) < 4.78 is 79.8. The van der Waals surface area contributed by atoms with Crippen molar-refractivity contribution >= 4 is 17.2 Å². The third-order valence-corrected chi connectivity index (χ3v) is 4.87. The topological polar surface area (TPSA) is 46.9 Å². The van der Waals surface area contributed by atoms with Crippen molar-refractivity contribution in [3.05, 3.63) is 69.7 Å². The zero-order valence-corrected chi connectivity index (χ0v) is 15.3. The summed E-state index contributed by atoms with van der Waals surface area (Å²) in [6, 6.07) is 6.93. The fraction of sp³-hybridized carbons (Fsp3) is 0.222. The van der Waals surface area contributed by atoms with Crippen molar-refractivity contribution in [1.82, 2.24) is 15.1 Å². The van der Waals surface area contributed by atoms with E-state index in [-0.39, 0.29) is 6.54 Å². The van der Waals surface area contributed by atoms with Crippen LogP contribution < -0.4 is 5.32 Å². The highest BCUT2D eigenvalue weighted by Crippen LogP contribution is 2.35. The molecule has 0 atom stereocenters. The van der Waals surface area contributed by atoms with Gasteiger partial charge in [0.15, 0.2) is 5.69 Å². The lowest BCUT2D eigenvalue weighted by Gasteiger charge is -2.14. The van der Waals surface area contributed by atoms with Gasteiger partial charge in [0.25, 0.3) is 5.91 Å². The Bertz CT molecular complexity index is 992. The minimum Gasteiger partial charge on any atom is -0.352 e. The zero-order valence-electron chi connectivity index (χ0n) is 14.5. The van der Waals surface area contributed by atoms with Crippen LogP contribution in [0.2, 0.25) is 0 Å². The van der Waals surface area contributed by atoms with Crippen LogP contribution in [0.3, 0.4) is 0 Å². The van der Waals surface area contributed by atoms with E-state index >= 15 is 0 Å². The van der Waals surface area contributed by atoms with Crippen molar-refractivity contribution in [3.63, 3.8) is 0 Å². The Hall–Kier alpha value is -2.82. The van der Waals surface area contributed by atoms with Gasteiger partial charge < -0.3 is 5.32 Å². The summed E-state index contributed by atoms with van der Waals surface area (Å²) in [7, 11) is 0. The standard InChI is InChI=1S/C18H13F6N3OS/c19-17(20,21)11-3-1-4-12(9-11)27-15(18(22,23)24)14(10-26-27)16(28)25-7-6-13-5-2-8-29-13/h1-5,8-10H,6-7H2,(H,25,28). The lowest BCUT2D eigenvalue weighted by Crippen LogP contribution is -2.28. The average Bonchev–Trinajstić information content (AvgIpc) is 3.30. The molecule has 2 heterocycles. The Labute approximate surface area is 164 Å². The molecule has 0 saturated carbocycles. The largest absolute Gasteiger partial charge is 0.434 e. The molecule has 154 valence electrons. The number of rotatable bonds is 5. The first kappa shape index (κ1) is 20.9. The van der Waals surface area contributed by atoms with E-state index in [4.69, 9.17) is 0 Å². The molecule has 0 aliphatic heterocycles. The summed E-state index contributed by atoms with van der Waals surface area (Å²) in [5.41, 5.74) is -3.78. The molecule has 0 aliphatic carbocycles. The fourth-order valence-corrected chi connectivity index (χ4v) is 3.36. The van der Waals surface area contributed by atoms with Crippen LogP contribution >= 0.6 is 11.3 Å². The number of thiophene rings is 1. The maximum atomic E-state index is 13.6. The molecule has 0 saturated heterocycles. The predicted octanol–water partition coefficient (Wildman–Crippen LogP) is 4.94. The fourth-order valence-electron chi connectivity index (χ4n) is 2.65. The van der Waals surface area contributed by atoms with Crippen molar-refractivity contribution < 1.29 is 31.1 Å². The Morgan fingerprint density at radius 2 is 1.83 bits per heavy atom. The van der Waals surface area contributed by atoms with Crippen molar-refractivity contribution in [1.29, 1.82) is 0 Å². The Kier molecular flexibility index (Phi) is 5.69. The molecule has 0 radical (unpaired) electrons. The highest BCUT2D eigenvalue weighted by atomic mass is 32.1. The molecule has 3 rings (SSSR count). The highest BCUT2D eigenvalue weighted by molar-refractivity contribution is 7.09. The molecule has 0 fully saturated rings. The Morgan fingerprint density at radius 1 is 1.07 bits per heavy atom. The highest BCUT2D eigenvalue weighted by Gasteiger charge is 2.41. The number of hydrogen-bond acceptors (Lipinski definition) is 3.